The highest BCUT2D eigenvalue weighted by Gasteiger charge is 2.65. The quantitative estimate of drug-likeness (QED) is 0.698. The lowest BCUT2D eigenvalue weighted by molar-refractivity contribution is -0.164. The summed E-state index contributed by atoms with van der Waals surface area (Å²) in [7, 11) is 0. The van der Waals surface area contributed by atoms with E-state index in [0.29, 0.717) is 24.8 Å². The summed E-state index contributed by atoms with van der Waals surface area (Å²) in [6.45, 7) is 1.11. The predicted molar refractivity (Wildman–Crippen MR) is 114 cm³/mol. The molecular formula is C24H32ClFN2O. The highest BCUT2D eigenvalue weighted by molar-refractivity contribution is 6.17. The minimum atomic E-state index is -0.999. The van der Waals surface area contributed by atoms with Crippen molar-refractivity contribution in [1.29, 1.82) is 0 Å². The molecular weight excluding hydrogens is 387 g/mol. The Bertz CT molecular complexity index is 775. The van der Waals surface area contributed by atoms with E-state index in [0.717, 1.165) is 38.6 Å². The number of nitrogens with one attached hydrogen (secondary N) is 2. The number of piperidine rings is 1. The maximum atomic E-state index is 14.4. The van der Waals surface area contributed by atoms with Crippen molar-refractivity contribution in [3.63, 3.8) is 0 Å². The summed E-state index contributed by atoms with van der Waals surface area (Å²) in [5, 5.41) is 6.25. The van der Waals surface area contributed by atoms with Gasteiger partial charge in [0.2, 0.25) is 5.91 Å². The van der Waals surface area contributed by atoms with Gasteiger partial charge >= 0.3 is 0 Å². The third-order valence-corrected chi connectivity index (χ3v) is 8.59. The van der Waals surface area contributed by atoms with Gasteiger partial charge in [-0.1, -0.05) is 30.3 Å². The lowest BCUT2D eigenvalue weighted by Gasteiger charge is -2.66. The summed E-state index contributed by atoms with van der Waals surface area (Å²) in [5.41, 5.74) is 1.22. The first-order valence-corrected chi connectivity index (χ1v) is 11.8. The molecule has 5 aliphatic rings. The molecule has 158 valence electrons. The summed E-state index contributed by atoms with van der Waals surface area (Å²) >= 11 is 6.27. The fraction of sp³-hybridized carbons (Fsp3) is 0.708. The highest BCUT2D eigenvalue weighted by atomic mass is 35.5. The topological polar surface area (TPSA) is 41.1 Å². The number of amides is 1. The van der Waals surface area contributed by atoms with Gasteiger partial charge < -0.3 is 10.6 Å². The van der Waals surface area contributed by atoms with Crippen molar-refractivity contribution in [2.75, 3.05) is 19.0 Å². The van der Waals surface area contributed by atoms with E-state index in [2.05, 4.69) is 41.0 Å². The van der Waals surface area contributed by atoms with E-state index in [1.807, 2.05) is 0 Å². The smallest absolute Gasteiger partial charge is 0.226 e. The zero-order valence-corrected chi connectivity index (χ0v) is 17.8. The van der Waals surface area contributed by atoms with Gasteiger partial charge in [-0.3, -0.25) is 4.79 Å². The molecule has 29 heavy (non-hydrogen) atoms. The Kier molecular flexibility index (Phi) is 4.94. The van der Waals surface area contributed by atoms with Gasteiger partial charge in [-0.25, -0.2) is 4.39 Å². The van der Waals surface area contributed by atoms with E-state index in [4.69, 9.17) is 11.6 Å². The van der Waals surface area contributed by atoms with Crippen LogP contribution in [0.5, 0.6) is 0 Å². The van der Waals surface area contributed by atoms with Gasteiger partial charge in [0, 0.05) is 12.4 Å². The SMILES string of the molecule is O=C(N[C@@H]1CCNC[C@@H]1F)C12CC3CC(CCCl)(C1)C[C@](c1ccccc1)(C3)C2. The highest BCUT2D eigenvalue weighted by Crippen LogP contribution is 2.71. The van der Waals surface area contributed by atoms with Gasteiger partial charge in [0.05, 0.1) is 11.5 Å². The Morgan fingerprint density at radius 3 is 2.76 bits per heavy atom. The Morgan fingerprint density at radius 1 is 1.17 bits per heavy atom. The number of carbonyl (C=O) groups excluding carboxylic acids is 1. The average molecular weight is 419 g/mol. The Balaban J connectivity index is 1.48. The van der Waals surface area contributed by atoms with Crippen LogP contribution in [-0.4, -0.2) is 37.1 Å². The molecule has 0 spiro atoms. The maximum absolute atomic E-state index is 14.4. The predicted octanol–water partition coefficient (Wildman–Crippen LogP) is 4.34. The van der Waals surface area contributed by atoms with Crippen molar-refractivity contribution in [2.24, 2.45) is 16.7 Å². The number of rotatable bonds is 5. The molecule has 4 saturated carbocycles. The van der Waals surface area contributed by atoms with E-state index in [1.54, 1.807) is 0 Å². The van der Waals surface area contributed by atoms with Crippen LogP contribution in [0.15, 0.2) is 30.3 Å². The molecule has 6 atom stereocenters. The molecule has 4 aliphatic carbocycles. The number of hydrogen-bond acceptors (Lipinski definition) is 2. The second-order valence-corrected chi connectivity index (χ2v) is 10.8. The van der Waals surface area contributed by atoms with Gasteiger partial charge in [-0.15, -0.1) is 11.6 Å². The summed E-state index contributed by atoms with van der Waals surface area (Å²) in [5.74, 6) is 1.32. The average Bonchev–Trinajstić information content (AvgIpc) is 2.69. The van der Waals surface area contributed by atoms with Crippen molar-refractivity contribution in [2.45, 2.75) is 69.0 Å². The van der Waals surface area contributed by atoms with Gasteiger partial charge in [-0.05, 0) is 80.2 Å². The molecule has 4 bridgehead atoms. The van der Waals surface area contributed by atoms with Crippen LogP contribution in [0.4, 0.5) is 4.39 Å². The first kappa shape index (κ1) is 19.8. The van der Waals surface area contributed by atoms with Crippen LogP contribution >= 0.6 is 11.6 Å². The molecule has 1 aromatic rings. The van der Waals surface area contributed by atoms with Crippen LogP contribution in [0.1, 0.15) is 56.9 Å². The van der Waals surface area contributed by atoms with Crippen LogP contribution in [-0.2, 0) is 10.2 Å². The normalized spacial score (nSPS) is 43.3. The summed E-state index contributed by atoms with van der Waals surface area (Å²) in [6.07, 6.45) is 6.94. The lowest BCUT2D eigenvalue weighted by Crippen LogP contribution is -2.64. The minimum Gasteiger partial charge on any atom is -0.350 e. The third-order valence-electron chi connectivity index (χ3n) is 8.40. The summed E-state index contributed by atoms with van der Waals surface area (Å²) in [4.78, 5) is 13.7. The van der Waals surface area contributed by atoms with Gasteiger partial charge in [0.1, 0.15) is 6.17 Å². The number of carbonyl (C=O) groups is 1. The van der Waals surface area contributed by atoms with Gasteiger partial charge in [0.15, 0.2) is 0 Å². The molecule has 0 aromatic heterocycles. The third kappa shape index (κ3) is 3.31. The van der Waals surface area contributed by atoms with E-state index in [9.17, 15) is 9.18 Å². The van der Waals surface area contributed by atoms with Crippen LogP contribution < -0.4 is 10.6 Å². The van der Waals surface area contributed by atoms with E-state index in [1.165, 1.54) is 18.4 Å². The van der Waals surface area contributed by atoms with Crippen molar-refractivity contribution in [3.05, 3.63) is 35.9 Å². The number of halogens is 2. The number of hydrogen-bond donors (Lipinski definition) is 2. The molecule has 1 amide bonds. The fourth-order valence-electron chi connectivity index (χ4n) is 7.79. The summed E-state index contributed by atoms with van der Waals surface area (Å²) in [6, 6.07) is 10.5. The van der Waals surface area contributed by atoms with Crippen LogP contribution in [0.3, 0.4) is 0 Å². The first-order valence-electron chi connectivity index (χ1n) is 11.3. The Hall–Kier alpha value is -1.13. The van der Waals surface area contributed by atoms with E-state index >= 15 is 0 Å². The molecule has 0 radical (unpaired) electrons. The Morgan fingerprint density at radius 2 is 2.00 bits per heavy atom. The van der Waals surface area contributed by atoms with E-state index < -0.39 is 6.17 Å². The first-order chi connectivity index (χ1) is 14.0. The molecule has 5 fully saturated rings. The Labute approximate surface area is 178 Å². The van der Waals surface area contributed by atoms with Crippen molar-refractivity contribution in [3.8, 4) is 0 Å². The number of alkyl halides is 2. The molecule has 1 aliphatic heterocycles. The standard InChI is InChI=1S/C24H32ClFN2O/c25-8-7-22-10-17-11-23(14-22,18-4-2-1-3-5-18)16-24(12-17,15-22)21(29)28-20-6-9-27-13-19(20)26/h1-5,17,19-20,27H,6-16H2,(H,28,29)/t17?,19-,20+,22?,23+,24?/m0/s1. The molecule has 1 heterocycles. The maximum Gasteiger partial charge on any atom is 0.226 e. The lowest BCUT2D eigenvalue weighted by atomic mass is 9.38. The van der Waals surface area contributed by atoms with Gasteiger partial charge in [-0.2, -0.15) is 0 Å². The molecule has 5 heteroatoms. The fourth-order valence-corrected chi connectivity index (χ4v) is 8.19. The molecule has 1 aromatic carbocycles. The van der Waals surface area contributed by atoms with Crippen molar-refractivity contribution in [1.82, 2.24) is 10.6 Å². The summed E-state index contributed by atoms with van der Waals surface area (Å²) < 4.78 is 14.4. The molecule has 2 N–H and O–H groups in total. The minimum absolute atomic E-state index is 0.0628. The van der Waals surface area contributed by atoms with Crippen LogP contribution in [0, 0.1) is 16.7 Å². The zero-order valence-electron chi connectivity index (χ0n) is 17.1. The largest absolute Gasteiger partial charge is 0.350 e. The molecule has 1 saturated heterocycles. The zero-order chi connectivity index (χ0) is 20.1. The molecule has 3 nitrogen and oxygen atoms in total. The second kappa shape index (κ2) is 7.23. The van der Waals surface area contributed by atoms with Gasteiger partial charge in [0.25, 0.3) is 0 Å². The van der Waals surface area contributed by atoms with Crippen molar-refractivity contribution >= 4 is 17.5 Å². The second-order valence-electron chi connectivity index (χ2n) is 10.5. The van der Waals surface area contributed by atoms with Crippen LogP contribution in [0.2, 0.25) is 0 Å². The molecule has 6 rings (SSSR count). The van der Waals surface area contributed by atoms with Crippen LogP contribution in [0.25, 0.3) is 0 Å². The van der Waals surface area contributed by atoms with Crippen molar-refractivity contribution < 1.29 is 9.18 Å². The number of benzene rings is 1. The monoisotopic (exact) mass is 418 g/mol. The molecule has 3 unspecified atom stereocenters. The van der Waals surface area contributed by atoms with E-state index in [-0.39, 0.29) is 28.2 Å².